The molecule has 318 valence electrons. The zero-order valence-electron chi connectivity index (χ0n) is 34.7. The van der Waals surface area contributed by atoms with Crippen LogP contribution in [0.4, 0.5) is 0 Å². The Kier molecular flexibility index (Phi) is 38.3. The van der Waals surface area contributed by atoms with Gasteiger partial charge in [-0.3, -0.25) is 14.1 Å². The number of rotatable bonds is 39. The van der Waals surface area contributed by atoms with E-state index in [2.05, 4.69) is 30.5 Å². The fraction of sp³-hybridized carbons (Fsp3) is 0.733. The van der Waals surface area contributed by atoms with Crippen molar-refractivity contribution in [3.8, 4) is 0 Å². The lowest BCUT2D eigenvalue weighted by Crippen LogP contribution is -2.29. The maximum atomic E-state index is 12.4. The Morgan fingerprint density at radius 2 is 1.09 bits per heavy atom. The minimum atomic E-state index is -4.78. The summed E-state index contributed by atoms with van der Waals surface area (Å²) in [6.45, 7) is 3.46. The molecule has 0 aromatic rings. The molecule has 0 aliphatic rings. The fourth-order valence-corrected chi connectivity index (χ4v) is 6.27. The first-order chi connectivity index (χ1) is 26.7. The molecule has 3 N–H and O–H groups in total. The molecule has 0 amide bonds. The van der Waals surface area contributed by atoms with Crippen LogP contribution in [0.1, 0.15) is 187 Å². The molecule has 55 heavy (non-hydrogen) atoms. The molecule has 0 aromatic heterocycles. The average molecular weight is 795 g/mol. The molecule has 0 aliphatic heterocycles. The van der Waals surface area contributed by atoms with E-state index in [9.17, 15) is 19.3 Å². The van der Waals surface area contributed by atoms with Crippen LogP contribution in [0.5, 0.6) is 0 Å². The van der Waals surface area contributed by atoms with Gasteiger partial charge in [0.2, 0.25) is 0 Å². The van der Waals surface area contributed by atoms with Crippen molar-refractivity contribution < 1.29 is 43.0 Å². The predicted molar refractivity (Wildman–Crippen MR) is 227 cm³/mol. The first kappa shape index (κ1) is 52.7. The van der Waals surface area contributed by atoms with Gasteiger partial charge in [-0.25, -0.2) is 4.57 Å². The third-order valence-electron chi connectivity index (χ3n) is 9.13. The Bertz CT molecular complexity index is 1090. The lowest BCUT2D eigenvalue weighted by molar-refractivity contribution is -0.161. The van der Waals surface area contributed by atoms with Crippen LogP contribution in [-0.2, 0) is 28.2 Å². The van der Waals surface area contributed by atoms with Gasteiger partial charge in [0.1, 0.15) is 6.61 Å². The Hall–Kier alpha value is -2.29. The number of aliphatic hydroxyl groups excluding tert-OH is 1. The molecule has 0 aromatic carbocycles. The summed E-state index contributed by atoms with van der Waals surface area (Å²) in [5, 5.41) is 9.98. The van der Waals surface area contributed by atoms with E-state index in [0.29, 0.717) is 25.7 Å². The van der Waals surface area contributed by atoms with E-state index < -0.39 is 38.6 Å². The van der Waals surface area contributed by atoms with Crippen LogP contribution in [0.3, 0.4) is 0 Å². The molecule has 0 saturated carbocycles. The number of hydrogen-bond acceptors (Lipinski definition) is 7. The molecule has 0 aliphatic carbocycles. The SMILES string of the molecule is CC/C=C\C/C=C\CC(O)/C=C/C=C\C/C=C\CCCC(=O)OC[C@H](COP(=O)(O)O)OC(=O)CCCCCCCCCCCCCCCCCCCCC. The van der Waals surface area contributed by atoms with Gasteiger partial charge < -0.3 is 24.4 Å². The number of aliphatic hydroxyl groups is 1. The molecule has 0 heterocycles. The Balaban J connectivity index is 4.03. The molecular weight excluding hydrogens is 715 g/mol. The summed E-state index contributed by atoms with van der Waals surface area (Å²) < 4.78 is 26.3. The van der Waals surface area contributed by atoms with E-state index in [-0.39, 0.29) is 19.4 Å². The van der Waals surface area contributed by atoms with E-state index >= 15 is 0 Å². The third-order valence-corrected chi connectivity index (χ3v) is 9.62. The molecule has 1 unspecified atom stereocenters. The van der Waals surface area contributed by atoms with E-state index in [1.807, 2.05) is 42.5 Å². The molecular formula is C45H79O9P. The van der Waals surface area contributed by atoms with Gasteiger partial charge >= 0.3 is 19.8 Å². The second kappa shape index (κ2) is 39.9. The standard InChI is InChI=1S/C45H79O9P/c1-3-5-7-9-11-12-13-14-15-16-17-18-19-20-21-22-27-31-35-39-45(48)54-43(41-53-55(49,50)51)40-52-44(47)38-34-30-26-24-23-25-29-33-37-42(46)36-32-28-10-8-6-4-2/h6,8,24-26,28-29,32-33,37,42-43,46H,3-5,7,9-23,27,30-31,34-36,38-41H2,1-2H3,(H2,49,50,51)/b8-6-,26-24-,29-25-,32-28-,37-33+/t42?,43-/m1/s1. The Morgan fingerprint density at radius 3 is 1.65 bits per heavy atom. The number of esters is 2. The van der Waals surface area contributed by atoms with E-state index in [1.54, 1.807) is 6.08 Å². The van der Waals surface area contributed by atoms with Crippen molar-refractivity contribution in [2.45, 2.75) is 199 Å². The highest BCUT2D eigenvalue weighted by atomic mass is 31.2. The van der Waals surface area contributed by atoms with Crippen molar-refractivity contribution in [3.05, 3.63) is 60.8 Å². The summed E-state index contributed by atoms with van der Waals surface area (Å²) in [7, 11) is -4.78. The van der Waals surface area contributed by atoms with Crippen LogP contribution < -0.4 is 0 Å². The summed E-state index contributed by atoms with van der Waals surface area (Å²) in [5.41, 5.74) is 0. The predicted octanol–water partition coefficient (Wildman–Crippen LogP) is 12.3. The third kappa shape index (κ3) is 42.7. The largest absolute Gasteiger partial charge is 0.469 e. The van der Waals surface area contributed by atoms with E-state index in [0.717, 1.165) is 38.5 Å². The van der Waals surface area contributed by atoms with Crippen molar-refractivity contribution in [1.29, 1.82) is 0 Å². The molecule has 0 saturated heterocycles. The number of hydrogen-bond donors (Lipinski definition) is 3. The van der Waals surface area contributed by atoms with Crippen LogP contribution in [0.25, 0.3) is 0 Å². The van der Waals surface area contributed by atoms with Gasteiger partial charge in [-0.05, 0) is 44.9 Å². The quantitative estimate of drug-likeness (QED) is 0.0182. The summed E-state index contributed by atoms with van der Waals surface area (Å²) >= 11 is 0. The summed E-state index contributed by atoms with van der Waals surface area (Å²) in [6, 6.07) is 0. The molecule has 0 spiro atoms. The number of allylic oxidation sites excluding steroid dienone is 8. The van der Waals surface area contributed by atoms with Crippen molar-refractivity contribution in [2.75, 3.05) is 13.2 Å². The lowest BCUT2D eigenvalue weighted by Gasteiger charge is -2.18. The van der Waals surface area contributed by atoms with Gasteiger partial charge in [0.25, 0.3) is 0 Å². The van der Waals surface area contributed by atoms with Crippen LogP contribution >= 0.6 is 7.82 Å². The van der Waals surface area contributed by atoms with Gasteiger partial charge in [-0.2, -0.15) is 0 Å². The van der Waals surface area contributed by atoms with Crippen LogP contribution in [0, 0.1) is 0 Å². The Morgan fingerprint density at radius 1 is 0.582 bits per heavy atom. The number of phosphoric acid groups is 1. The summed E-state index contributed by atoms with van der Waals surface area (Å²) in [5.74, 6) is -0.989. The highest BCUT2D eigenvalue weighted by molar-refractivity contribution is 7.46. The summed E-state index contributed by atoms with van der Waals surface area (Å²) in [6.07, 6.45) is 46.9. The number of carbonyl (C=O) groups is 2. The minimum Gasteiger partial charge on any atom is -0.462 e. The molecule has 0 rings (SSSR count). The first-order valence-electron chi connectivity index (χ1n) is 21.7. The Labute approximate surface area is 335 Å². The fourth-order valence-electron chi connectivity index (χ4n) is 5.91. The minimum absolute atomic E-state index is 0.156. The number of unbranched alkanes of at least 4 members (excludes halogenated alkanes) is 19. The van der Waals surface area contributed by atoms with Crippen LogP contribution in [-0.4, -0.2) is 52.3 Å². The first-order valence-corrected chi connectivity index (χ1v) is 23.2. The van der Waals surface area contributed by atoms with E-state index in [4.69, 9.17) is 19.3 Å². The van der Waals surface area contributed by atoms with Gasteiger partial charge in [0.15, 0.2) is 6.10 Å². The highest BCUT2D eigenvalue weighted by Crippen LogP contribution is 2.36. The number of carbonyl (C=O) groups excluding carboxylic acids is 2. The van der Waals surface area contributed by atoms with Crippen molar-refractivity contribution in [3.63, 3.8) is 0 Å². The maximum Gasteiger partial charge on any atom is 0.469 e. The average Bonchev–Trinajstić information content (AvgIpc) is 3.15. The molecule has 0 bridgehead atoms. The number of ether oxygens (including phenoxy) is 2. The molecule has 9 nitrogen and oxygen atoms in total. The van der Waals surface area contributed by atoms with Gasteiger partial charge in [0.05, 0.1) is 12.7 Å². The molecule has 0 fully saturated rings. The maximum absolute atomic E-state index is 12.4. The van der Waals surface area contributed by atoms with Gasteiger partial charge in [-0.15, -0.1) is 0 Å². The van der Waals surface area contributed by atoms with Crippen molar-refractivity contribution >= 4 is 19.8 Å². The normalized spacial score (nSPS) is 13.6. The smallest absolute Gasteiger partial charge is 0.462 e. The molecule has 10 heteroatoms. The van der Waals surface area contributed by atoms with Crippen LogP contribution in [0.2, 0.25) is 0 Å². The van der Waals surface area contributed by atoms with Crippen molar-refractivity contribution in [2.24, 2.45) is 0 Å². The van der Waals surface area contributed by atoms with Crippen molar-refractivity contribution in [1.82, 2.24) is 0 Å². The molecule has 2 atom stereocenters. The van der Waals surface area contributed by atoms with Gasteiger partial charge in [0, 0.05) is 12.8 Å². The number of phosphoric ester groups is 1. The second-order valence-electron chi connectivity index (χ2n) is 14.5. The zero-order chi connectivity index (χ0) is 40.5. The highest BCUT2D eigenvalue weighted by Gasteiger charge is 2.22. The zero-order valence-corrected chi connectivity index (χ0v) is 35.6. The summed E-state index contributed by atoms with van der Waals surface area (Å²) in [4.78, 5) is 42.9. The topological polar surface area (TPSA) is 140 Å². The second-order valence-corrected chi connectivity index (χ2v) is 15.7. The van der Waals surface area contributed by atoms with Crippen LogP contribution in [0.15, 0.2) is 60.8 Å². The van der Waals surface area contributed by atoms with Gasteiger partial charge in [-0.1, -0.05) is 190 Å². The van der Waals surface area contributed by atoms with E-state index in [1.165, 1.54) is 96.3 Å². The molecule has 0 radical (unpaired) electrons. The monoisotopic (exact) mass is 795 g/mol. The lowest BCUT2D eigenvalue weighted by atomic mass is 10.0.